The lowest BCUT2D eigenvalue weighted by molar-refractivity contribution is 1.06. The van der Waals surface area contributed by atoms with Crippen molar-refractivity contribution in [3.8, 4) is 0 Å². The molecule has 0 spiro atoms. The van der Waals surface area contributed by atoms with Gasteiger partial charge in [0.05, 0.1) is 0 Å². The first kappa shape index (κ1) is 10.7. The van der Waals surface area contributed by atoms with Crippen LogP contribution in [0.1, 0.15) is 22.4 Å². The van der Waals surface area contributed by atoms with E-state index in [4.69, 9.17) is 0 Å². The Labute approximate surface area is 95.0 Å². The van der Waals surface area contributed by atoms with E-state index in [9.17, 15) is 4.79 Å². The van der Waals surface area contributed by atoms with Crippen molar-refractivity contribution in [2.45, 2.75) is 13.3 Å². The molecular formula is C14H14NO. The zero-order valence-corrected chi connectivity index (χ0v) is 9.29. The van der Waals surface area contributed by atoms with Crippen LogP contribution in [-0.2, 0) is 6.42 Å². The maximum atomic E-state index is 11.5. The molecule has 0 aliphatic heterocycles. The van der Waals surface area contributed by atoms with Gasteiger partial charge in [-0.05, 0) is 37.5 Å². The molecule has 0 unspecified atom stereocenters. The summed E-state index contributed by atoms with van der Waals surface area (Å²) < 4.78 is 0. The third-order valence-electron chi connectivity index (χ3n) is 2.60. The van der Waals surface area contributed by atoms with Crippen molar-refractivity contribution in [2.24, 2.45) is 0 Å². The maximum absolute atomic E-state index is 11.5. The third-order valence-corrected chi connectivity index (χ3v) is 2.60. The highest BCUT2D eigenvalue weighted by Gasteiger charge is 2.04. The van der Waals surface area contributed by atoms with E-state index in [1.54, 1.807) is 0 Å². The van der Waals surface area contributed by atoms with Crippen LogP contribution in [0, 0.1) is 13.8 Å². The van der Waals surface area contributed by atoms with Gasteiger partial charge in [0.1, 0.15) is 0 Å². The first-order valence-corrected chi connectivity index (χ1v) is 5.25. The molecule has 1 heterocycles. The number of aromatic amines is 1. The van der Waals surface area contributed by atoms with E-state index in [0.29, 0.717) is 5.56 Å². The van der Waals surface area contributed by atoms with Crippen LogP contribution >= 0.6 is 0 Å². The molecule has 0 saturated carbocycles. The highest BCUT2D eigenvalue weighted by atomic mass is 16.1. The summed E-state index contributed by atoms with van der Waals surface area (Å²) in [5.74, 6) is 0. The normalized spacial score (nSPS) is 10.4. The van der Waals surface area contributed by atoms with E-state index in [1.165, 1.54) is 5.56 Å². The van der Waals surface area contributed by atoms with Crippen LogP contribution in [0.15, 0.2) is 41.2 Å². The van der Waals surface area contributed by atoms with Crippen molar-refractivity contribution in [3.63, 3.8) is 0 Å². The molecule has 16 heavy (non-hydrogen) atoms. The van der Waals surface area contributed by atoms with Crippen molar-refractivity contribution >= 4 is 0 Å². The summed E-state index contributed by atoms with van der Waals surface area (Å²) in [5, 5.41) is 0. The van der Waals surface area contributed by atoms with Crippen LogP contribution in [0.3, 0.4) is 0 Å². The standard InChI is InChI=1S/C14H14NO/c1-10-8-13(11(2)14(16)15-10)9-12-6-4-3-5-7-12/h3-8H,2,9H2,1H3,(H,15,16). The Bertz CT molecular complexity index is 540. The van der Waals surface area contributed by atoms with Crippen LogP contribution in [-0.4, -0.2) is 4.98 Å². The van der Waals surface area contributed by atoms with Gasteiger partial charge in [-0.1, -0.05) is 30.3 Å². The second-order valence-electron chi connectivity index (χ2n) is 3.95. The van der Waals surface area contributed by atoms with E-state index in [2.05, 4.69) is 24.0 Å². The molecule has 0 amide bonds. The number of nitrogens with one attached hydrogen (secondary N) is 1. The number of benzene rings is 1. The van der Waals surface area contributed by atoms with Crippen LogP contribution in [0.25, 0.3) is 0 Å². The Morgan fingerprint density at radius 2 is 1.94 bits per heavy atom. The van der Waals surface area contributed by atoms with Crippen LogP contribution in [0.5, 0.6) is 0 Å². The van der Waals surface area contributed by atoms with Gasteiger partial charge in [0, 0.05) is 11.3 Å². The summed E-state index contributed by atoms with van der Waals surface area (Å²) >= 11 is 0. The lowest BCUT2D eigenvalue weighted by Crippen LogP contribution is -2.13. The molecule has 1 aromatic carbocycles. The molecule has 0 atom stereocenters. The largest absolute Gasteiger partial charge is 0.326 e. The number of rotatable bonds is 2. The molecule has 0 aliphatic carbocycles. The van der Waals surface area contributed by atoms with Crippen molar-refractivity contribution in [3.05, 3.63) is 76.1 Å². The number of hydrogen-bond donors (Lipinski definition) is 1. The van der Waals surface area contributed by atoms with E-state index in [0.717, 1.165) is 17.7 Å². The Balaban J connectivity index is 2.39. The van der Waals surface area contributed by atoms with E-state index < -0.39 is 0 Å². The van der Waals surface area contributed by atoms with E-state index in [1.807, 2.05) is 31.2 Å². The van der Waals surface area contributed by atoms with Gasteiger partial charge in [-0.15, -0.1) is 0 Å². The van der Waals surface area contributed by atoms with Gasteiger partial charge in [-0.25, -0.2) is 0 Å². The molecule has 1 aromatic heterocycles. The van der Waals surface area contributed by atoms with Gasteiger partial charge in [-0.3, -0.25) is 4.79 Å². The third kappa shape index (κ3) is 2.22. The van der Waals surface area contributed by atoms with Gasteiger partial charge in [-0.2, -0.15) is 0 Å². The zero-order valence-electron chi connectivity index (χ0n) is 9.29. The summed E-state index contributed by atoms with van der Waals surface area (Å²) in [5.41, 5.74) is 3.54. The van der Waals surface area contributed by atoms with Crippen LogP contribution < -0.4 is 5.56 Å². The fourth-order valence-corrected chi connectivity index (χ4v) is 1.76. The van der Waals surface area contributed by atoms with Crippen molar-refractivity contribution in [2.75, 3.05) is 0 Å². The first-order valence-electron chi connectivity index (χ1n) is 5.25. The second kappa shape index (κ2) is 4.35. The van der Waals surface area contributed by atoms with Crippen molar-refractivity contribution in [1.82, 2.24) is 4.98 Å². The van der Waals surface area contributed by atoms with Gasteiger partial charge >= 0.3 is 0 Å². The van der Waals surface area contributed by atoms with Gasteiger partial charge in [0.25, 0.3) is 5.56 Å². The first-order chi connectivity index (χ1) is 7.66. The molecule has 2 aromatic rings. The molecule has 0 fully saturated rings. The molecule has 2 nitrogen and oxygen atoms in total. The van der Waals surface area contributed by atoms with Crippen LogP contribution in [0.2, 0.25) is 0 Å². The fraction of sp³-hybridized carbons (Fsp3) is 0.143. The molecule has 81 valence electrons. The monoisotopic (exact) mass is 212 g/mol. The molecule has 1 radical (unpaired) electrons. The minimum atomic E-state index is -0.0917. The summed E-state index contributed by atoms with van der Waals surface area (Å²) in [6, 6.07) is 12.1. The highest BCUT2D eigenvalue weighted by molar-refractivity contribution is 5.33. The topological polar surface area (TPSA) is 32.9 Å². The molecule has 0 bridgehead atoms. The predicted octanol–water partition coefficient (Wildman–Crippen LogP) is 2.46. The van der Waals surface area contributed by atoms with E-state index in [-0.39, 0.29) is 5.56 Å². The Morgan fingerprint density at radius 3 is 2.62 bits per heavy atom. The molecule has 0 saturated heterocycles. The minimum Gasteiger partial charge on any atom is -0.326 e. The predicted molar refractivity (Wildman–Crippen MR) is 65.5 cm³/mol. The molecule has 0 aliphatic rings. The zero-order chi connectivity index (χ0) is 11.5. The van der Waals surface area contributed by atoms with E-state index >= 15 is 0 Å². The lowest BCUT2D eigenvalue weighted by Gasteiger charge is -2.06. The number of aromatic nitrogens is 1. The minimum absolute atomic E-state index is 0.0917. The van der Waals surface area contributed by atoms with Crippen molar-refractivity contribution in [1.29, 1.82) is 0 Å². The van der Waals surface area contributed by atoms with Crippen LogP contribution in [0.4, 0.5) is 0 Å². The quantitative estimate of drug-likeness (QED) is 0.815. The Hall–Kier alpha value is -1.83. The number of hydrogen-bond acceptors (Lipinski definition) is 1. The Kier molecular flexibility index (Phi) is 2.91. The summed E-state index contributed by atoms with van der Waals surface area (Å²) in [7, 11) is 0. The second-order valence-corrected chi connectivity index (χ2v) is 3.95. The molecule has 2 rings (SSSR count). The molecule has 2 heteroatoms. The summed E-state index contributed by atoms with van der Waals surface area (Å²) in [6.07, 6.45) is 0.754. The average Bonchev–Trinajstić information content (AvgIpc) is 2.27. The Morgan fingerprint density at radius 1 is 1.25 bits per heavy atom. The van der Waals surface area contributed by atoms with Gasteiger partial charge < -0.3 is 4.98 Å². The fourth-order valence-electron chi connectivity index (χ4n) is 1.76. The number of H-pyrrole nitrogens is 1. The smallest absolute Gasteiger partial charge is 0.251 e. The molecular weight excluding hydrogens is 198 g/mol. The number of aryl methyl sites for hydroxylation is 1. The van der Waals surface area contributed by atoms with Gasteiger partial charge in [0.15, 0.2) is 0 Å². The lowest BCUT2D eigenvalue weighted by atomic mass is 10.0. The number of pyridine rings is 1. The maximum Gasteiger partial charge on any atom is 0.251 e. The highest BCUT2D eigenvalue weighted by Crippen LogP contribution is 2.11. The molecule has 1 N–H and O–H groups in total. The summed E-state index contributed by atoms with van der Waals surface area (Å²) in [6.45, 7) is 5.70. The average molecular weight is 212 g/mol. The SMILES string of the molecule is [CH2]c1c(Cc2ccccc2)cc(C)[nH]c1=O. The van der Waals surface area contributed by atoms with Gasteiger partial charge in [0.2, 0.25) is 0 Å². The summed E-state index contributed by atoms with van der Waals surface area (Å²) in [4.78, 5) is 14.3. The van der Waals surface area contributed by atoms with Crippen molar-refractivity contribution < 1.29 is 0 Å².